The second kappa shape index (κ2) is 4.17. The van der Waals surface area contributed by atoms with Gasteiger partial charge in [0.1, 0.15) is 0 Å². The van der Waals surface area contributed by atoms with Crippen LogP contribution >= 0.6 is 0 Å². The van der Waals surface area contributed by atoms with E-state index in [1.54, 1.807) is 0 Å². The lowest BCUT2D eigenvalue weighted by molar-refractivity contribution is 0.197. The van der Waals surface area contributed by atoms with E-state index in [0.29, 0.717) is 6.04 Å². The van der Waals surface area contributed by atoms with Gasteiger partial charge in [-0.25, -0.2) is 0 Å². The zero-order valence-corrected chi connectivity index (χ0v) is 10.5. The van der Waals surface area contributed by atoms with Crippen molar-refractivity contribution in [3.63, 3.8) is 0 Å². The second-order valence-corrected chi connectivity index (χ2v) is 4.91. The van der Waals surface area contributed by atoms with Crippen molar-refractivity contribution in [3.05, 3.63) is 41.7 Å². The predicted octanol–water partition coefficient (Wildman–Crippen LogP) is 1.82. The number of fused-ring (bicyclic) bond motifs is 1. The number of rotatable bonds is 1. The zero-order valence-electron chi connectivity index (χ0n) is 10.5. The van der Waals surface area contributed by atoms with Crippen molar-refractivity contribution in [2.75, 3.05) is 26.7 Å². The Morgan fingerprint density at radius 1 is 1.35 bits per heavy atom. The highest BCUT2D eigenvalue weighted by Gasteiger charge is 2.24. The van der Waals surface area contributed by atoms with E-state index < -0.39 is 0 Å². The summed E-state index contributed by atoms with van der Waals surface area (Å²) in [5, 5.41) is 3.49. The first kappa shape index (κ1) is 10.8. The highest BCUT2D eigenvalue weighted by molar-refractivity contribution is 5.53. The maximum Gasteiger partial charge on any atom is 0.0630 e. The Morgan fingerprint density at radius 3 is 3.06 bits per heavy atom. The maximum atomic E-state index is 3.49. The summed E-state index contributed by atoms with van der Waals surface area (Å²) in [7, 11) is 2.22. The molecule has 0 amide bonds. The van der Waals surface area contributed by atoms with Gasteiger partial charge in [-0.3, -0.25) is 4.90 Å². The van der Waals surface area contributed by atoms with E-state index in [9.17, 15) is 0 Å². The molecule has 1 fully saturated rings. The summed E-state index contributed by atoms with van der Waals surface area (Å²) in [6, 6.07) is 9.13. The van der Waals surface area contributed by atoms with Crippen LogP contribution in [-0.4, -0.2) is 36.0 Å². The minimum atomic E-state index is 0.480. The van der Waals surface area contributed by atoms with Gasteiger partial charge in [0.25, 0.3) is 0 Å². The molecule has 2 aromatic rings. The zero-order chi connectivity index (χ0) is 11.8. The van der Waals surface area contributed by atoms with Gasteiger partial charge in [-0.2, -0.15) is 0 Å². The average Bonchev–Trinajstić information content (AvgIpc) is 2.66. The standard InChI is InChI=1S/C14H19N3/c1-11-9-12-5-3-4-7-17(12)14(11)13-10-15-6-8-16(13)2/h3-5,7,9,13,15H,6,8,10H2,1-2H3. The molecule has 1 aliphatic rings. The fraction of sp³-hybridized carbons (Fsp3) is 0.429. The molecule has 0 saturated carbocycles. The third-order valence-electron chi connectivity index (χ3n) is 3.75. The van der Waals surface area contributed by atoms with Gasteiger partial charge >= 0.3 is 0 Å². The number of hydrogen-bond donors (Lipinski definition) is 1. The molecule has 17 heavy (non-hydrogen) atoms. The summed E-state index contributed by atoms with van der Waals surface area (Å²) in [5.41, 5.74) is 4.10. The summed E-state index contributed by atoms with van der Waals surface area (Å²) in [6.45, 7) is 5.46. The van der Waals surface area contributed by atoms with Crippen molar-refractivity contribution in [3.8, 4) is 0 Å². The van der Waals surface area contributed by atoms with Crippen LogP contribution < -0.4 is 5.32 Å². The van der Waals surface area contributed by atoms with Crippen LogP contribution in [0.1, 0.15) is 17.3 Å². The molecule has 0 radical (unpaired) electrons. The summed E-state index contributed by atoms with van der Waals surface area (Å²) < 4.78 is 2.32. The van der Waals surface area contributed by atoms with Gasteiger partial charge in [0, 0.05) is 37.0 Å². The first-order chi connectivity index (χ1) is 8.27. The molecule has 3 nitrogen and oxygen atoms in total. The van der Waals surface area contributed by atoms with Gasteiger partial charge in [-0.1, -0.05) is 6.07 Å². The molecule has 0 bridgehead atoms. The molecule has 0 aliphatic carbocycles. The quantitative estimate of drug-likeness (QED) is 0.804. The minimum absolute atomic E-state index is 0.480. The molecule has 1 atom stereocenters. The molecular formula is C14H19N3. The lowest BCUT2D eigenvalue weighted by atomic mass is 10.1. The van der Waals surface area contributed by atoms with E-state index in [0.717, 1.165) is 19.6 Å². The van der Waals surface area contributed by atoms with E-state index in [1.807, 2.05) is 0 Å². The third kappa shape index (κ3) is 1.75. The van der Waals surface area contributed by atoms with Crippen molar-refractivity contribution < 1.29 is 0 Å². The average molecular weight is 229 g/mol. The van der Waals surface area contributed by atoms with Crippen LogP contribution in [0.4, 0.5) is 0 Å². The molecule has 2 aromatic heterocycles. The Bertz CT molecular complexity index is 529. The fourth-order valence-electron chi connectivity index (χ4n) is 2.81. The second-order valence-electron chi connectivity index (χ2n) is 4.91. The molecule has 3 heterocycles. The van der Waals surface area contributed by atoms with Crippen LogP contribution in [0.3, 0.4) is 0 Å². The summed E-state index contributed by atoms with van der Waals surface area (Å²) in [4.78, 5) is 2.44. The maximum absolute atomic E-state index is 3.49. The summed E-state index contributed by atoms with van der Waals surface area (Å²) >= 11 is 0. The van der Waals surface area contributed by atoms with Crippen molar-refractivity contribution >= 4 is 5.52 Å². The van der Waals surface area contributed by atoms with E-state index in [-0.39, 0.29) is 0 Å². The van der Waals surface area contributed by atoms with E-state index in [2.05, 4.69) is 59.1 Å². The predicted molar refractivity (Wildman–Crippen MR) is 70.4 cm³/mol. The number of hydrogen-bond acceptors (Lipinski definition) is 2. The van der Waals surface area contributed by atoms with Crippen LogP contribution in [0.15, 0.2) is 30.5 Å². The topological polar surface area (TPSA) is 19.7 Å². The first-order valence-electron chi connectivity index (χ1n) is 6.25. The van der Waals surface area contributed by atoms with Crippen LogP contribution in [0.25, 0.3) is 5.52 Å². The molecule has 1 unspecified atom stereocenters. The molecule has 0 aromatic carbocycles. The number of aryl methyl sites for hydroxylation is 1. The molecule has 3 heteroatoms. The highest BCUT2D eigenvalue weighted by Crippen LogP contribution is 2.26. The van der Waals surface area contributed by atoms with Crippen LogP contribution in [-0.2, 0) is 0 Å². The Balaban J connectivity index is 2.12. The smallest absolute Gasteiger partial charge is 0.0630 e. The first-order valence-corrected chi connectivity index (χ1v) is 6.25. The third-order valence-corrected chi connectivity index (χ3v) is 3.75. The van der Waals surface area contributed by atoms with Gasteiger partial charge in [0.15, 0.2) is 0 Å². The Kier molecular flexibility index (Phi) is 2.65. The minimum Gasteiger partial charge on any atom is -0.319 e. The molecule has 1 aliphatic heterocycles. The molecule has 90 valence electrons. The summed E-state index contributed by atoms with van der Waals surface area (Å²) in [5.74, 6) is 0. The number of nitrogens with zero attached hydrogens (tertiary/aromatic N) is 2. The van der Waals surface area contributed by atoms with E-state index in [4.69, 9.17) is 0 Å². The fourth-order valence-corrected chi connectivity index (χ4v) is 2.81. The van der Waals surface area contributed by atoms with Crippen molar-refractivity contribution in [2.45, 2.75) is 13.0 Å². The molecule has 1 saturated heterocycles. The van der Waals surface area contributed by atoms with Gasteiger partial charge in [-0.05, 0) is 37.7 Å². The largest absolute Gasteiger partial charge is 0.319 e. The normalized spacial score (nSPS) is 22.1. The lowest BCUT2D eigenvalue weighted by Crippen LogP contribution is -2.44. The molecule has 0 spiro atoms. The van der Waals surface area contributed by atoms with Crippen molar-refractivity contribution in [1.82, 2.24) is 14.6 Å². The highest BCUT2D eigenvalue weighted by atomic mass is 15.2. The molecule has 3 rings (SSSR count). The Labute approximate surface area is 102 Å². The van der Waals surface area contributed by atoms with Crippen LogP contribution in [0, 0.1) is 6.92 Å². The SMILES string of the molecule is Cc1cc2ccccn2c1C1CNCCN1C. The summed E-state index contributed by atoms with van der Waals surface area (Å²) in [6.07, 6.45) is 2.17. The number of pyridine rings is 1. The van der Waals surface area contributed by atoms with Gasteiger partial charge < -0.3 is 9.72 Å². The number of nitrogens with one attached hydrogen (secondary N) is 1. The molecular weight excluding hydrogens is 210 g/mol. The Hall–Kier alpha value is -1.32. The number of likely N-dealkylation sites (N-methyl/N-ethyl adjacent to an activating group) is 1. The monoisotopic (exact) mass is 229 g/mol. The number of aromatic nitrogens is 1. The van der Waals surface area contributed by atoms with Crippen molar-refractivity contribution in [2.24, 2.45) is 0 Å². The van der Waals surface area contributed by atoms with Gasteiger partial charge in [-0.15, -0.1) is 0 Å². The Morgan fingerprint density at radius 2 is 2.24 bits per heavy atom. The lowest BCUT2D eigenvalue weighted by Gasteiger charge is -2.33. The number of piperazine rings is 1. The van der Waals surface area contributed by atoms with Crippen LogP contribution in [0.2, 0.25) is 0 Å². The van der Waals surface area contributed by atoms with Crippen LogP contribution in [0.5, 0.6) is 0 Å². The van der Waals surface area contributed by atoms with E-state index >= 15 is 0 Å². The van der Waals surface area contributed by atoms with E-state index in [1.165, 1.54) is 16.8 Å². The van der Waals surface area contributed by atoms with Crippen molar-refractivity contribution in [1.29, 1.82) is 0 Å². The van der Waals surface area contributed by atoms with Gasteiger partial charge in [0.05, 0.1) is 6.04 Å². The van der Waals surface area contributed by atoms with Gasteiger partial charge in [0.2, 0.25) is 0 Å². The molecule has 1 N–H and O–H groups in total.